The lowest BCUT2D eigenvalue weighted by Gasteiger charge is -2.42. The highest BCUT2D eigenvalue weighted by atomic mass is 16.2. The molecule has 7 heteroatoms. The van der Waals surface area contributed by atoms with Gasteiger partial charge in [-0.3, -0.25) is 14.5 Å². The Hall–Kier alpha value is -1.89. The lowest BCUT2D eigenvalue weighted by atomic mass is 9.93. The van der Waals surface area contributed by atoms with Crippen molar-refractivity contribution in [3.05, 3.63) is 18.7 Å². The number of hydrogen-bond acceptors (Lipinski definition) is 4. The number of likely N-dealkylation sites (tertiary alicyclic amines) is 2. The molecule has 2 saturated heterocycles. The van der Waals surface area contributed by atoms with Crippen LogP contribution in [-0.4, -0.2) is 69.9 Å². The van der Waals surface area contributed by atoms with Gasteiger partial charge in [-0.25, -0.2) is 4.98 Å². The predicted octanol–water partition coefficient (Wildman–Crippen LogP) is 1.50. The fraction of sp³-hybridized carbons (Fsp3) is 0.762. The molecule has 1 aromatic heterocycles. The Morgan fingerprint density at radius 1 is 1.04 bits per heavy atom. The third-order valence-electron chi connectivity index (χ3n) is 6.49. The number of piperidine rings is 2. The summed E-state index contributed by atoms with van der Waals surface area (Å²) < 4.78 is 2.04. The largest absolute Gasteiger partial charge is 0.356 e. The molecule has 1 N–H and O–H groups in total. The molecule has 1 aliphatic carbocycles. The second kappa shape index (κ2) is 9.07. The number of nitrogens with zero attached hydrogens (tertiary/aromatic N) is 4. The smallest absolute Gasteiger partial charge is 0.225 e. The Morgan fingerprint density at radius 3 is 2.57 bits per heavy atom. The van der Waals surface area contributed by atoms with Crippen LogP contribution in [0, 0.1) is 11.8 Å². The van der Waals surface area contributed by atoms with E-state index >= 15 is 0 Å². The van der Waals surface area contributed by atoms with E-state index in [0.29, 0.717) is 17.9 Å². The van der Waals surface area contributed by atoms with E-state index in [-0.39, 0.29) is 11.8 Å². The van der Waals surface area contributed by atoms with Crippen LogP contribution in [-0.2, 0) is 16.1 Å². The third-order valence-corrected chi connectivity index (χ3v) is 6.49. The number of amides is 2. The van der Waals surface area contributed by atoms with Gasteiger partial charge in [0.25, 0.3) is 0 Å². The van der Waals surface area contributed by atoms with Crippen molar-refractivity contribution in [1.29, 1.82) is 0 Å². The van der Waals surface area contributed by atoms with Crippen molar-refractivity contribution in [2.24, 2.45) is 11.8 Å². The van der Waals surface area contributed by atoms with E-state index in [0.717, 1.165) is 84.2 Å². The molecule has 0 aromatic carbocycles. The maximum atomic E-state index is 12.6. The summed E-state index contributed by atoms with van der Waals surface area (Å²) in [6.07, 6.45) is 12.8. The molecule has 154 valence electrons. The molecule has 1 saturated carbocycles. The average Bonchev–Trinajstić information content (AvgIpc) is 3.46. The molecule has 28 heavy (non-hydrogen) atoms. The van der Waals surface area contributed by atoms with Crippen molar-refractivity contribution < 1.29 is 9.59 Å². The molecule has 1 aromatic rings. The fourth-order valence-electron chi connectivity index (χ4n) is 4.63. The molecule has 1 unspecified atom stereocenters. The van der Waals surface area contributed by atoms with Gasteiger partial charge in [-0.05, 0) is 51.5 Å². The molecule has 4 rings (SSSR count). The van der Waals surface area contributed by atoms with Crippen molar-refractivity contribution in [1.82, 2.24) is 24.7 Å². The van der Waals surface area contributed by atoms with E-state index in [9.17, 15) is 9.59 Å². The lowest BCUT2D eigenvalue weighted by molar-refractivity contribution is -0.134. The molecule has 2 aliphatic heterocycles. The number of rotatable bonds is 7. The van der Waals surface area contributed by atoms with Gasteiger partial charge < -0.3 is 14.8 Å². The molecule has 3 fully saturated rings. The van der Waals surface area contributed by atoms with Gasteiger partial charge in [0.2, 0.25) is 11.8 Å². The van der Waals surface area contributed by atoms with Gasteiger partial charge in [0.15, 0.2) is 0 Å². The van der Waals surface area contributed by atoms with Gasteiger partial charge in [0, 0.05) is 57.1 Å². The lowest BCUT2D eigenvalue weighted by Crippen LogP contribution is -2.51. The molecule has 0 radical (unpaired) electrons. The summed E-state index contributed by atoms with van der Waals surface area (Å²) in [7, 11) is 0. The SMILES string of the molecule is O=C(NCCCn1ccnc1)C1CCCN(C2CCN(C(=O)C3CC3)CC2)C1. The van der Waals surface area contributed by atoms with Crippen LogP contribution in [0.5, 0.6) is 0 Å². The van der Waals surface area contributed by atoms with Gasteiger partial charge in [0.05, 0.1) is 12.2 Å². The summed E-state index contributed by atoms with van der Waals surface area (Å²) in [5, 5.41) is 3.13. The Bertz CT molecular complexity index is 650. The van der Waals surface area contributed by atoms with Gasteiger partial charge in [-0.1, -0.05) is 0 Å². The number of hydrogen-bond donors (Lipinski definition) is 1. The van der Waals surface area contributed by atoms with Gasteiger partial charge in [-0.15, -0.1) is 0 Å². The monoisotopic (exact) mass is 387 g/mol. The zero-order valence-electron chi connectivity index (χ0n) is 16.8. The fourth-order valence-corrected chi connectivity index (χ4v) is 4.63. The number of carbonyl (C=O) groups excluding carboxylic acids is 2. The maximum absolute atomic E-state index is 12.6. The van der Waals surface area contributed by atoms with E-state index in [1.54, 1.807) is 6.20 Å². The molecule has 0 bridgehead atoms. The molecule has 2 amide bonds. The van der Waals surface area contributed by atoms with Crippen LogP contribution in [0.1, 0.15) is 44.9 Å². The Morgan fingerprint density at radius 2 is 1.86 bits per heavy atom. The molecule has 3 aliphatic rings. The van der Waals surface area contributed by atoms with E-state index in [1.807, 2.05) is 17.1 Å². The first-order valence-corrected chi connectivity index (χ1v) is 11.0. The summed E-state index contributed by atoms with van der Waals surface area (Å²) in [6, 6.07) is 0.528. The highest BCUT2D eigenvalue weighted by Crippen LogP contribution is 2.32. The third kappa shape index (κ3) is 4.93. The van der Waals surface area contributed by atoms with Crippen LogP contribution < -0.4 is 5.32 Å². The first-order chi connectivity index (χ1) is 13.7. The maximum Gasteiger partial charge on any atom is 0.225 e. The van der Waals surface area contributed by atoms with Crippen molar-refractivity contribution >= 4 is 11.8 Å². The second-order valence-electron chi connectivity index (χ2n) is 8.61. The summed E-state index contributed by atoms with van der Waals surface area (Å²) in [5.41, 5.74) is 0. The Balaban J connectivity index is 1.17. The van der Waals surface area contributed by atoms with Crippen molar-refractivity contribution in [2.75, 3.05) is 32.7 Å². The topological polar surface area (TPSA) is 70.5 Å². The minimum atomic E-state index is 0.105. The summed E-state index contributed by atoms with van der Waals surface area (Å²) in [5.74, 6) is 1.02. The Labute approximate surface area is 167 Å². The number of imidazole rings is 1. The van der Waals surface area contributed by atoms with Gasteiger partial charge in [0.1, 0.15) is 0 Å². The molecule has 7 nitrogen and oxygen atoms in total. The normalized spacial score (nSPS) is 24.3. The quantitative estimate of drug-likeness (QED) is 0.720. The average molecular weight is 388 g/mol. The van der Waals surface area contributed by atoms with Crippen molar-refractivity contribution in [2.45, 2.75) is 57.5 Å². The molecular weight excluding hydrogens is 354 g/mol. The zero-order valence-corrected chi connectivity index (χ0v) is 16.8. The highest BCUT2D eigenvalue weighted by molar-refractivity contribution is 5.81. The second-order valence-corrected chi connectivity index (χ2v) is 8.61. The molecule has 1 atom stereocenters. The Kier molecular flexibility index (Phi) is 6.29. The van der Waals surface area contributed by atoms with E-state index in [4.69, 9.17) is 0 Å². The van der Waals surface area contributed by atoms with Crippen LogP contribution in [0.15, 0.2) is 18.7 Å². The van der Waals surface area contributed by atoms with Crippen LogP contribution in [0.4, 0.5) is 0 Å². The summed E-state index contributed by atoms with van der Waals surface area (Å²) >= 11 is 0. The van der Waals surface area contributed by atoms with E-state index < -0.39 is 0 Å². The standard InChI is InChI=1S/C21H33N5O2/c27-20(23-8-2-10-24-14-9-22-16-24)18-3-1-11-26(15-18)19-6-12-25(13-7-19)21(28)17-4-5-17/h9,14,16-19H,1-8,10-13,15H2,(H,23,27). The van der Waals surface area contributed by atoms with Gasteiger partial charge >= 0.3 is 0 Å². The van der Waals surface area contributed by atoms with Crippen LogP contribution in [0.2, 0.25) is 0 Å². The minimum absolute atomic E-state index is 0.105. The number of aromatic nitrogens is 2. The first-order valence-electron chi connectivity index (χ1n) is 11.0. The summed E-state index contributed by atoms with van der Waals surface area (Å²) in [6.45, 7) is 5.34. The van der Waals surface area contributed by atoms with Crippen molar-refractivity contribution in [3.63, 3.8) is 0 Å². The minimum Gasteiger partial charge on any atom is -0.356 e. The van der Waals surface area contributed by atoms with Gasteiger partial charge in [-0.2, -0.15) is 0 Å². The van der Waals surface area contributed by atoms with E-state index in [2.05, 4.69) is 20.1 Å². The first kappa shape index (κ1) is 19.4. The number of carbonyl (C=O) groups is 2. The molecule has 0 spiro atoms. The molecular formula is C21H33N5O2. The predicted molar refractivity (Wildman–Crippen MR) is 106 cm³/mol. The number of nitrogens with one attached hydrogen (secondary N) is 1. The molecule has 3 heterocycles. The van der Waals surface area contributed by atoms with Crippen LogP contribution in [0.25, 0.3) is 0 Å². The van der Waals surface area contributed by atoms with Crippen molar-refractivity contribution in [3.8, 4) is 0 Å². The van der Waals surface area contributed by atoms with Crippen LogP contribution in [0.3, 0.4) is 0 Å². The summed E-state index contributed by atoms with van der Waals surface area (Å²) in [4.78, 5) is 33.5. The zero-order chi connectivity index (χ0) is 19.3. The van der Waals surface area contributed by atoms with E-state index in [1.165, 1.54) is 0 Å². The number of aryl methyl sites for hydroxylation is 1. The van der Waals surface area contributed by atoms with Crippen LogP contribution >= 0.6 is 0 Å². The highest BCUT2D eigenvalue weighted by Gasteiger charge is 2.37.